The number of carbonyl (C=O) groups is 1. The number of carbonyl (C=O) groups excluding carboxylic acids is 1. The van der Waals surface area contributed by atoms with E-state index in [1.165, 1.54) is 0 Å². The molecule has 0 unspecified atom stereocenters. The Bertz CT molecular complexity index is 1220. The fourth-order valence-electron chi connectivity index (χ4n) is 3.07. The molecule has 3 rings (SSSR count). The standard InChI is InChI=1S/C25H19BrClIN2O2/c1-2-32-24-13-16(12-22(28)19(24)14-17-7-3-4-8-20(17)26)11-18(15-29)25(31)30-23-10-6-5-9-21(23)27/h3-13H,2,14H2,1H3,(H,30,31)/b18-11+. The highest BCUT2D eigenvalue weighted by molar-refractivity contribution is 14.1. The largest absolute Gasteiger partial charge is 0.494 e. The second-order valence-corrected chi connectivity index (χ2v) is 9.21. The molecule has 0 atom stereocenters. The summed E-state index contributed by atoms with van der Waals surface area (Å²) in [6.07, 6.45) is 2.25. The molecule has 4 nitrogen and oxygen atoms in total. The van der Waals surface area contributed by atoms with Crippen molar-refractivity contribution < 1.29 is 9.53 Å². The molecule has 0 spiro atoms. The van der Waals surface area contributed by atoms with E-state index in [9.17, 15) is 10.1 Å². The van der Waals surface area contributed by atoms with Crippen molar-refractivity contribution >= 4 is 67.8 Å². The number of hydrogen-bond acceptors (Lipinski definition) is 3. The topological polar surface area (TPSA) is 62.1 Å². The summed E-state index contributed by atoms with van der Waals surface area (Å²) in [6, 6.07) is 20.7. The fraction of sp³-hybridized carbons (Fsp3) is 0.120. The van der Waals surface area contributed by atoms with Crippen LogP contribution in [0.2, 0.25) is 5.02 Å². The van der Waals surface area contributed by atoms with Gasteiger partial charge in [-0.05, 0) is 77.0 Å². The SMILES string of the molecule is CCOc1cc(/C=C(\C#N)C(=O)Nc2ccccc2Cl)cc(I)c1Cc1ccccc1Br. The van der Waals surface area contributed by atoms with Gasteiger partial charge < -0.3 is 10.1 Å². The number of halogens is 3. The lowest BCUT2D eigenvalue weighted by Gasteiger charge is -2.15. The Kier molecular flexibility index (Phi) is 8.74. The van der Waals surface area contributed by atoms with Crippen LogP contribution in [0.1, 0.15) is 23.6 Å². The Morgan fingerprint density at radius 3 is 2.62 bits per heavy atom. The van der Waals surface area contributed by atoms with Gasteiger partial charge in [0, 0.05) is 20.0 Å². The summed E-state index contributed by atoms with van der Waals surface area (Å²) in [5, 5.41) is 12.7. The van der Waals surface area contributed by atoms with Crippen molar-refractivity contribution in [3.05, 3.63) is 96.0 Å². The minimum absolute atomic E-state index is 0.0262. The predicted octanol–water partition coefficient (Wildman–Crippen LogP) is 7.24. The van der Waals surface area contributed by atoms with Gasteiger partial charge in [-0.2, -0.15) is 5.26 Å². The molecule has 32 heavy (non-hydrogen) atoms. The van der Waals surface area contributed by atoms with Crippen LogP contribution in [0.5, 0.6) is 5.75 Å². The third kappa shape index (κ3) is 6.12. The maximum absolute atomic E-state index is 12.6. The number of nitriles is 1. The van der Waals surface area contributed by atoms with Crippen LogP contribution in [0.25, 0.3) is 6.08 Å². The van der Waals surface area contributed by atoms with Gasteiger partial charge in [-0.3, -0.25) is 4.79 Å². The summed E-state index contributed by atoms with van der Waals surface area (Å²) in [5.41, 5.74) is 3.33. The van der Waals surface area contributed by atoms with E-state index in [0.717, 1.165) is 24.9 Å². The van der Waals surface area contributed by atoms with E-state index in [4.69, 9.17) is 16.3 Å². The van der Waals surface area contributed by atoms with Crippen LogP contribution < -0.4 is 10.1 Å². The number of nitrogens with one attached hydrogen (secondary N) is 1. The molecular formula is C25H19BrClIN2O2. The van der Waals surface area contributed by atoms with Gasteiger partial charge >= 0.3 is 0 Å². The lowest BCUT2D eigenvalue weighted by molar-refractivity contribution is -0.112. The molecule has 0 heterocycles. The first-order chi connectivity index (χ1) is 15.4. The molecule has 3 aromatic carbocycles. The van der Waals surface area contributed by atoms with Crippen molar-refractivity contribution in [3.63, 3.8) is 0 Å². The van der Waals surface area contributed by atoms with Gasteiger partial charge in [0.25, 0.3) is 5.91 Å². The highest BCUT2D eigenvalue weighted by Crippen LogP contribution is 2.32. The molecule has 0 aliphatic carbocycles. The molecule has 162 valence electrons. The summed E-state index contributed by atoms with van der Waals surface area (Å²) in [5.74, 6) is 0.205. The van der Waals surface area contributed by atoms with Gasteiger partial charge in [0.15, 0.2) is 0 Å². The quantitative estimate of drug-likeness (QED) is 0.172. The van der Waals surface area contributed by atoms with Crippen molar-refractivity contribution in [3.8, 4) is 11.8 Å². The number of nitrogens with zero attached hydrogens (tertiary/aromatic N) is 1. The minimum atomic E-state index is -0.522. The van der Waals surface area contributed by atoms with E-state index in [2.05, 4.69) is 49.9 Å². The van der Waals surface area contributed by atoms with Gasteiger partial charge in [-0.25, -0.2) is 0 Å². The number of hydrogen-bond donors (Lipinski definition) is 1. The molecule has 3 aromatic rings. The molecule has 0 bridgehead atoms. The predicted molar refractivity (Wildman–Crippen MR) is 141 cm³/mol. The first-order valence-electron chi connectivity index (χ1n) is 9.79. The van der Waals surface area contributed by atoms with Crippen LogP contribution in [-0.4, -0.2) is 12.5 Å². The van der Waals surface area contributed by atoms with Crippen LogP contribution >= 0.6 is 50.1 Å². The van der Waals surface area contributed by atoms with Gasteiger partial charge in [0.1, 0.15) is 17.4 Å². The Hall–Kier alpha value is -2.34. The second-order valence-electron chi connectivity index (χ2n) is 6.78. The summed E-state index contributed by atoms with van der Waals surface area (Å²) < 4.78 is 7.93. The first kappa shape index (κ1) is 24.3. The summed E-state index contributed by atoms with van der Waals surface area (Å²) >= 11 is 12.0. The third-order valence-corrected chi connectivity index (χ3v) is 6.67. The van der Waals surface area contributed by atoms with E-state index < -0.39 is 5.91 Å². The van der Waals surface area contributed by atoms with Crippen molar-refractivity contribution in [1.29, 1.82) is 5.26 Å². The number of benzene rings is 3. The summed E-state index contributed by atoms with van der Waals surface area (Å²) in [4.78, 5) is 12.6. The summed E-state index contributed by atoms with van der Waals surface area (Å²) in [6.45, 7) is 2.43. The highest BCUT2D eigenvalue weighted by atomic mass is 127. The molecule has 0 fully saturated rings. The van der Waals surface area contributed by atoms with Crippen LogP contribution in [0.4, 0.5) is 5.69 Å². The molecule has 1 amide bonds. The van der Waals surface area contributed by atoms with Crippen LogP contribution in [-0.2, 0) is 11.2 Å². The molecule has 0 saturated heterocycles. The normalized spacial score (nSPS) is 11.0. The van der Waals surface area contributed by atoms with E-state index in [1.807, 2.05) is 43.3 Å². The third-order valence-electron chi connectivity index (χ3n) is 4.60. The van der Waals surface area contributed by atoms with Crippen molar-refractivity contribution in [1.82, 2.24) is 0 Å². The number of ether oxygens (including phenoxy) is 1. The zero-order valence-corrected chi connectivity index (χ0v) is 21.7. The fourth-order valence-corrected chi connectivity index (χ4v) is 4.49. The van der Waals surface area contributed by atoms with Crippen LogP contribution in [0, 0.1) is 14.9 Å². The number of anilines is 1. The van der Waals surface area contributed by atoms with Gasteiger partial charge in [-0.15, -0.1) is 0 Å². The monoisotopic (exact) mass is 620 g/mol. The highest BCUT2D eigenvalue weighted by Gasteiger charge is 2.15. The molecule has 0 aliphatic rings. The zero-order chi connectivity index (χ0) is 23.1. The maximum Gasteiger partial charge on any atom is 0.266 e. The molecule has 0 saturated carbocycles. The Balaban J connectivity index is 1.93. The van der Waals surface area contributed by atoms with Gasteiger partial charge in [0.05, 0.1) is 17.3 Å². The lowest BCUT2D eigenvalue weighted by atomic mass is 10.0. The van der Waals surface area contributed by atoms with E-state index in [1.54, 1.807) is 30.3 Å². The molecular weight excluding hydrogens is 603 g/mol. The molecule has 7 heteroatoms. The first-order valence-corrected chi connectivity index (χ1v) is 12.0. The number of rotatable bonds is 7. The minimum Gasteiger partial charge on any atom is -0.494 e. The van der Waals surface area contributed by atoms with Gasteiger partial charge in [-0.1, -0.05) is 57.9 Å². The lowest BCUT2D eigenvalue weighted by Crippen LogP contribution is -2.13. The van der Waals surface area contributed by atoms with Crippen LogP contribution in [0.15, 0.2) is 70.7 Å². The van der Waals surface area contributed by atoms with E-state index in [0.29, 0.717) is 29.3 Å². The smallest absolute Gasteiger partial charge is 0.266 e. The van der Waals surface area contributed by atoms with Crippen molar-refractivity contribution in [2.45, 2.75) is 13.3 Å². The van der Waals surface area contributed by atoms with Gasteiger partial charge in [0.2, 0.25) is 0 Å². The van der Waals surface area contributed by atoms with E-state index >= 15 is 0 Å². The maximum atomic E-state index is 12.6. The number of amides is 1. The van der Waals surface area contributed by atoms with Crippen molar-refractivity contribution in [2.75, 3.05) is 11.9 Å². The number of para-hydroxylation sites is 1. The average molecular weight is 622 g/mol. The van der Waals surface area contributed by atoms with Crippen molar-refractivity contribution in [2.24, 2.45) is 0 Å². The van der Waals surface area contributed by atoms with Crippen LogP contribution in [0.3, 0.4) is 0 Å². The zero-order valence-electron chi connectivity index (χ0n) is 17.2. The molecule has 0 radical (unpaired) electrons. The molecule has 1 N–H and O–H groups in total. The Morgan fingerprint density at radius 2 is 1.94 bits per heavy atom. The summed E-state index contributed by atoms with van der Waals surface area (Å²) in [7, 11) is 0. The Morgan fingerprint density at radius 1 is 1.22 bits per heavy atom. The second kappa shape index (κ2) is 11.5. The Labute approximate surface area is 214 Å². The average Bonchev–Trinajstić information content (AvgIpc) is 2.77. The molecule has 0 aromatic heterocycles. The molecule has 0 aliphatic heterocycles. The van der Waals surface area contributed by atoms with E-state index in [-0.39, 0.29) is 5.57 Å².